The zero-order chi connectivity index (χ0) is 43.8. The number of halogens is 2. The van der Waals surface area contributed by atoms with Crippen LogP contribution in [0.4, 0.5) is 0 Å². The van der Waals surface area contributed by atoms with Gasteiger partial charge in [0.2, 0.25) is 5.91 Å². The fourth-order valence-electron chi connectivity index (χ4n) is 7.54. The van der Waals surface area contributed by atoms with Gasteiger partial charge in [0.1, 0.15) is 33.7 Å². The van der Waals surface area contributed by atoms with Crippen LogP contribution in [0.2, 0.25) is 10.0 Å². The van der Waals surface area contributed by atoms with Gasteiger partial charge in [0.15, 0.2) is 11.6 Å². The quantitative estimate of drug-likeness (QED) is 0.0902. The second-order valence-electron chi connectivity index (χ2n) is 14.8. The Labute approximate surface area is 375 Å². The fourth-order valence-corrected chi connectivity index (χ4v) is 10.3. The number of esters is 1. The molecule has 2 N–H and O–H groups in total. The number of carbonyl (C=O) groups is 3. The molecule has 2 aliphatic rings. The van der Waals surface area contributed by atoms with Crippen LogP contribution >= 0.6 is 45.9 Å². The molecule has 2 amide bonds. The molecule has 0 saturated heterocycles. The molecular formula is C43H42Cl2N10O5S2. The van der Waals surface area contributed by atoms with E-state index in [1.165, 1.54) is 18.4 Å². The third-order valence-corrected chi connectivity index (χ3v) is 13.7. The van der Waals surface area contributed by atoms with Crippen LogP contribution in [0.1, 0.15) is 96.2 Å². The lowest BCUT2D eigenvalue weighted by Crippen LogP contribution is -2.31. The molecule has 2 aliphatic heterocycles. The van der Waals surface area contributed by atoms with Crippen molar-refractivity contribution in [2.45, 2.75) is 59.5 Å². The van der Waals surface area contributed by atoms with Crippen molar-refractivity contribution in [2.24, 2.45) is 9.98 Å². The normalized spacial score (nSPS) is 15.3. The minimum absolute atomic E-state index is 0.0442. The average Bonchev–Trinajstić information content (AvgIpc) is 3.96. The molecule has 0 spiro atoms. The summed E-state index contributed by atoms with van der Waals surface area (Å²) in [6, 6.07) is 13.5. The summed E-state index contributed by atoms with van der Waals surface area (Å²) in [5.74, 6) is 1.43. The first-order valence-electron chi connectivity index (χ1n) is 19.8. The van der Waals surface area contributed by atoms with Gasteiger partial charge in [-0.3, -0.25) is 33.5 Å². The van der Waals surface area contributed by atoms with Crippen molar-refractivity contribution in [3.05, 3.63) is 125 Å². The number of aromatic nitrogens is 6. The van der Waals surface area contributed by atoms with Gasteiger partial charge >= 0.3 is 5.97 Å². The Bertz CT molecular complexity index is 2770. The van der Waals surface area contributed by atoms with Crippen molar-refractivity contribution in [2.75, 3.05) is 33.4 Å². The molecule has 0 bridgehead atoms. The van der Waals surface area contributed by atoms with E-state index in [0.29, 0.717) is 54.5 Å². The lowest BCUT2D eigenvalue weighted by molar-refractivity contribution is -0.141. The smallest absolute Gasteiger partial charge is 0.308 e. The topological polar surface area (TPSA) is 180 Å². The van der Waals surface area contributed by atoms with Gasteiger partial charge < -0.3 is 20.1 Å². The van der Waals surface area contributed by atoms with Crippen LogP contribution < -0.4 is 10.6 Å². The molecule has 6 heterocycles. The van der Waals surface area contributed by atoms with E-state index in [1.807, 2.05) is 66.3 Å². The predicted octanol–water partition coefficient (Wildman–Crippen LogP) is 7.12. The zero-order valence-electron chi connectivity index (χ0n) is 34.7. The number of carbonyl (C=O) groups excluding carboxylic acids is 3. The van der Waals surface area contributed by atoms with Gasteiger partial charge in [-0.25, -0.2) is 0 Å². The molecule has 0 radical (unpaired) electrons. The SMILES string of the molecule is COC(=O)C[C@@H]1N=C(c2ccc(Cl)cc2)c2c(sc(C(=O)NCCOCCNC(=O)C[C@H]3N=C(c4ccc(Cl)cc4)c4c(sc(C)c4C)-n4c(C)nnc43)c2C)-n2c(C)nnc21. The number of nitrogens with one attached hydrogen (secondary N) is 2. The van der Waals surface area contributed by atoms with Crippen molar-refractivity contribution >= 4 is 75.1 Å². The van der Waals surface area contributed by atoms with Crippen LogP contribution in [0.5, 0.6) is 0 Å². The van der Waals surface area contributed by atoms with Crippen molar-refractivity contribution in [3.8, 4) is 10.0 Å². The number of aryl methyl sites for hydroxylation is 3. The number of methoxy groups -OCH3 is 1. The highest BCUT2D eigenvalue weighted by atomic mass is 35.5. The van der Waals surface area contributed by atoms with Gasteiger partial charge in [0.25, 0.3) is 5.91 Å². The van der Waals surface area contributed by atoms with Gasteiger partial charge in [-0.05, 0) is 70.0 Å². The second kappa shape index (κ2) is 18.0. The van der Waals surface area contributed by atoms with Gasteiger partial charge in [0.05, 0.1) is 49.5 Å². The van der Waals surface area contributed by atoms with Crippen molar-refractivity contribution < 1.29 is 23.9 Å². The summed E-state index contributed by atoms with van der Waals surface area (Å²) in [7, 11) is 1.33. The number of hydrogen-bond acceptors (Lipinski definition) is 13. The molecule has 15 nitrogen and oxygen atoms in total. The molecule has 0 unspecified atom stereocenters. The van der Waals surface area contributed by atoms with Gasteiger partial charge in [-0.2, -0.15) is 0 Å². The Morgan fingerprint density at radius 3 is 1.73 bits per heavy atom. The molecule has 6 aromatic rings. The number of aliphatic imine (C=N–C) groups is 2. The van der Waals surface area contributed by atoms with Crippen molar-refractivity contribution in [3.63, 3.8) is 0 Å². The summed E-state index contributed by atoms with van der Waals surface area (Å²) in [5, 5.41) is 26.4. The van der Waals surface area contributed by atoms with E-state index < -0.39 is 18.1 Å². The van der Waals surface area contributed by atoms with Crippen LogP contribution in [0, 0.1) is 34.6 Å². The van der Waals surface area contributed by atoms with Crippen LogP contribution in [0.3, 0.4) is 0 Å². The Morgan fingerprint density at radius 1 is 0.677 bits per heavy atom. The summed E-state index contributed by atoms with van der Waals surface area (Å²) >= 11 is 15.4. The third kappa shape index (κ3) is 8.34. The number of ether oxygens (including phenoxy) is 2. The molecule has 0 fully saturated rings. The predicted molar refractivity (Wildman–Crippen MR) is 239 cm³/mol. The first-order valence-corrected chi connectivity index (χ1v) is 22.2. The molecule has 62 heavy (non-hydrogen) atoms. The largest absolute Gasteiger partial charge is 0.469 e. The maximum Gasteiger partial charge on any atom is 0.308 e. The Hall–Kier alpha value is -5.59. The molecule has 0 aliphatic carbocycles. The minimum Gasteiger partial charge on any atom is -0.469 e. The van der Waals surface area contributed by atoms with E-state index in [4.69, 9.17) is 42.7 Å². The highest BCUT2D eigenvalue weighted by Crippen LogP contribution is 2.41. The monoisotopic (exact) mass is 912 g/mol. The summed E-state index contributed by atoms with van der Waals surface area (Å²) in [6.45, 7) is 10.7. The first-order chi connectivity index (χ1) is 29.8. The van der Waals surface area contributed by atoms with Crippen molar-refractivity contribution in [1.29, 1.82) is 0 Å². The highest BCUT2D eigenvalue weighted by molar-refractivity contribution is 7.17. The van der Waals surface area contributed by atoms with Crippen molar-refractivity contribution in [1.82, 2.24) is 40.2 Å². The molecule has 4 aromatic heterocycles. The maximum atomic E-state index is 13.7. The number of rotatable bonds is 13. The third-order valence-electron chi connectivity index (χ3n) is 10.7. The van der Waals surface area contributed by atoms with E-state index in [2.05, 4.69) is 44.9 Å². The van der Waals surface area contributed by atoms with Gasteiger partial charge in [-0.15, -0.1) is 43.1 Å². The molecule has 320 valence electrons. The number of fused-ring (bicyclic) bond motifs is 6. The number of hydrogen-bond donors (Lipinski definition) is 2. The molecule has 2 aromatic carbocycles. The fraction of sp³-hybridized carbons (Fsp3) is 0.326. The lowest BCUT2D eigenvalue weighted by Gasteiger charge is -2.13. The highest BCUT2D eigenvalue weighted by Gasteiger charge is 2.35. The van der Waals surface area contributed by atoms with Crippen LogP contribution in [0.15, 0.2) is 58.5 Å². The van der Waals surface area contributed by atoms with E-state index in [-0.39, 0.29) is 51.0 Å². The van der Waals surface area contributed by atoms with E-state index in [9.17, 15) is 14.4 Å². The average molecular weight is 914 g/mol. The zero-order valence-corrected chi connectivity index (χ0v) is 37.9. The first kappa shape index (κ1) is 43.1. The Balaban J connectivity index is 0.911. The second-order valence-corrected chi connectivity index (χ2v) is 17.9. The standard InChI is InChI=1S/C43H42Cl2N10O5S2/c1-21-23(3)61-42-34(21)36(26-7-11-28(44)12-8-26)48-30(39-52-50-24(4)54(39)42)19-32(56)46-15-17-60-18-16-47-41(58)38-22(2)35-37(27-9-13-29(45)14-10-27)49-31(20-33(57)59-6)40-53-51-25(5)55(40)43(35)62-38/h7-14,30-31H,15-20H2,1-6H3,(H,46,56)(H,47,58)/t30-,31+/m1/s1. The van der Waals surface area contributed by atoms with Gasteiger partial charge in [0, 0.05) is 50.3 Å². The van der Waals surface area contributed by atoms with E-state index in [1.54, 1.807) is 23.5 Å². The summed E-state index contributed by atoms with van der Waals surface area (Å²) in [6.07, 6.45) is 0.00634. The Morgan fingerprint density at radius 2 is 1.18 bits per heavy atom. The van der Waals surface area contributed by atoms with Gasteiger partial charge in [-0.1, -0.05) is 47.5 Å². The molecule has 19 heteroatoms. The van der Waals surface area contributed by atoms with Crippen LogP contribution in [0.25, 0.3) is 10.0 Å². The molecule has 0 saturated carbocycles. The minimum atomic E-state index is -0.680. The van der Waals surface area contributed by atoms with Crippen LogP contribution in [-0.2, 0) is 19.1 Å². The molecule has 2 atom stereocenters. The molecule has 8 rings (SSSR count). The van der Waals surface area contributed by atoms with E-state index >= 15 is 0 Å². The number of amides is 2. The number of nitrogens with zero attached hydrogens (tertiary/aromatic N) is 8. The van der Waals surface area contributed by atoms with E-state index in [0.717, 1.165) is 43.4 Å². The summed E-state index contributed by atoms with van der Waals surface area (Å²) in [4.78, 5) is 51.5. The summed E-state index contributed by atoms with van der Waals surface area (Å²) < 4.78 is 14.7. The number of benzene rings is 2. The molecular weight excluding hydrogens is 872 g/mol. The van der Waals surface area contributed by atoms with Crippen LogP contribution in [-0.4, -0.2) is 92.1 Å². The number of thiophene rings is 2. The Kier molecular flexibility index (Phi) is 12.5. The lowest BCUT2D eigenvalue weighted by atomic mass is 9.99. The maximum absolute atomic E-state index is 13.7. The summed E-state index contributed by atoms with van der Waals surface area (Å²) in [5.41, 5.74) is 6.59.